The number of fused-ring (bicyclic) bond motifs is 1. The molecule has 0 bridgehead atoms. The van der Waals surface area contributed by atoms with E-state index in [0.29, 0.717) is 32.4 Å². The lowest BCUT2D eigenvalue weighted by atomic mass is 10.0. The van der Waals surface area contributed by atoms with Crippen LogP contribution in [0.5, 0.6) is 0 Å². The number of carbonyl (C=O) groups excluding carboxylic acids is 2. The number of amides is 2. The molecule has 0 aliphatic carbocycles. The summed E-state index contributed by atoms with van der Waals surface area (Å²) in [5.74, 6) is -1.84. The summed E-state index contributed by atoms with van der Waals surface area (Å²) in [5, 5.41) is 15.2. The number of aliphatic carboxylic acids is 1. The highest BCUT2D eigenvalue weighted by atomic mass is 32.1. The number of carboxylic acid groups (broad SMARTS) is 1. The second-order valence-electron chi connectivity index (χ2n) is 6.53. The van der Waals surface area contributed by atoms with Gasteiger partial charge >= 0.3 is 5.97 Å². The summed E-state index contributed by atoms with van der Waals surface area (Å²) in [7, 11) is 0. The minimum absolute atomic E-state index is 0.208. The molecular weight excluding hydrogens is 354 g/mol. The number of carboxylic acids is 1. The van der Waals surface area contributed by atoms with Gasteiger partial charge in [-0.05, 0) is 24.8 Å². The van der Waals surface area contributed by atoms with E-state index in [1.807, 2.05) is 30.3 Å². The van der Waals surface area contributed by atoms with Crippen molar-refractivity contribution >= 4 is 34.9 Å². The Hall–Kier alpha value is -2.32. The molecule has 2 fully saturated rings. The van der Waals surface area contributed by atoms with E-state index in [0.717, 1.165) is 12.0 Å². The van der Waals surface area contributed by atoms with Crippen molar-refractivity contribution in [3.63, 3.8) is 0 Å². The maximum Gasteiger partial charge on any atom is 0.328 e. The average molecular weight is 375 g/mol. The van der Waals surface area contributed by atoms with Crippen LogP contribution >= 0.6 is 12.2 Å². The van der Waals surface area contributed by atoms with Gasteiger partial charge in [0.2, 0.25) is 0 Å². The SMILES string of the molecule is O=C(NC1CCN2CCC[C@@H](C(=O)O)N2C1=O)C(=S)Cc1ccccc1. The maximum absolute atomic E-state index is 12.8. The lowest BCUT2D eigenvalue weighted by Gasteiger charge is -2.47. The van der Waals surface area contributed by atoms with Gasteiger partial charge in [0.05, 0.1) is 4.86 Å². The monoisotopic (exact) mass is 375 g/mol. The molecule has 2 aliphatic heterocycles. The van der Waals surface area contributed by atoms with E-state index in [4.69, 9.17) is 12.2 Å². The second-order valence-corrected chi connectivity index (χ2v) is 7.03. The first kappa shape index (κ1) is 18.5. The Morgan fingerprint density at radius 3 is 2.62 bits per heavy atom. The molecule has 2 atom stereocenters. The number of hydrazine groups is 1. The summed E-state index contributed by atoms with van der Waals surface area (Å²) in [4.78, 5) is 36.8. The first-order chi connectivity index (χ1) is 12.5. The molecule has 2 amide bonds. The van der Waals surface area contributed by atoms with Crippen LogP contribution < -0.4 is 5.32 Å². The summed E-state index contributed by atoms with van der Waals surface area (Å²) < 4.78 is 0. The van der Waals surface area contributed by atoms with Crippen LogP contribution in [-0.2, 0) is 20.8 Å². The van der Waals surface area contributed by atoms with Gasteiger partial charge in [0.1, 0.15) is 12.1 Å². The largest absolute Gasteiger partial charge is 0.480 e. The topological polar surface area (TPSA) is 89.9 Å². The lowest BCUT2D eigenvalue weighted by molar-refractivity contribution is -0.183. The maximum atomic E-state index is 12.8. The first-order valence-corrected chi connectivity index (χ1v) is 9.06. The van der Waals surface area contributed by atoms with Gasteiger partial charge in [-0.1, -0.05) is 42.5 Å². The van der Waals surface area contributed by atoms with E-state index in [-0.39, 0.29) is 10.8 Å². The zero-order valence-electron chi connectivity index (χ0n) is 14.3. The number of hydrogen-bond donors (Lipinski definition) is 2. The highest BCUT2D eigenvalue weighted by molar-refractivity contribution is 7.82. The summed E-state index contributed by atoms with van der Waals surface area (Å²) >= 11 is 5.20. The van der Waals surface area contributed by atoms with Crippen molar-refractivity contribution in [2.75, 3.05) is 13.1 Å². The Morgan fingerprint density at radius 2 is 1.92 bits per heavy atom. The molecule has 1 aromatic carbocycles. The summed E-state index contributed by atoms with van der Waals surface area (Å²) in [6.45, 7) is 1.19. The quantitative estimate of drug-likeness (QED) is 0.740. The van der Waals surface area contributed by atoms with Crippen LogP contribution in [0.2, 0.25) is 0 Å². The molecule has 0 saturated carbocycles. The van der Waals surface area contributed by atoms with Crippen molar-refractivity contribution in [1.29, 1.82) is 0 Å². The minimum Gasteiger partial charge on any atom is -0.480 e. The van der Waals surface area contributed by atoms with E-state index >= 15 is 0 Å². The van der Waals surface area contributed by atoms with Gasteiger partial charge in [0.15, 0.2) is 0 Å². The van der Waals surface area contributed by atoms with Gasteiger partial charge < -0.3 is 10.4 Å². The fraction of sp³-hybridized carbons (Fsp3) is 0.444. The molecule has 26 heavy (non-hydrogen) atoms. The van der Waals surface area contributed by atoms with Crippen LogP contribution in [0.25, 0.3) is 0 Å². The molecule has 2 N–H and O–H groups in total. The van der Waals surface area contributed by atoms with E-state index in [1.165, 1.54) is 5.01 Å². The van der Waals surface area contributed by atoms with Crippen LogP contribution in [0.1, 0.15) is 24.8 Å². The van der Waals surface area contributed by atoms with Crippen LogP contribution in [-0.4, -0.2) is 62.9 Å². The van der Waals surface area contributed by atoms with Gasteiger partial charge in [0.25, 0.3) is 11.8 Å². The number of carbonyl (C=O) groups is 3. The third kappa shape index (κ3) is 3.91. The molecule has 1 aromatic rings. The Balaban J connectivity index is 1.64. The second kappa shape index (κ2) is 7.92. The Kier molecular flexibility index (Phi) is 5.63. The molecule has 2 aliphatic rings. The molecule has 3 rings (SSSR count). The first-order valence-electron chi connectivity index (χ1n) is 8.65. The van der Waals surface area contributed by atoms with Crippen molar-refractivity contribution in [3.05, 3.63) is 35.9 Å². The van der Waals surface area contributed by atoms with Gasteiger partial charge in [-0.3, -0.25) is 14.6 Å². The van der Waals surface area contributed by atoms with Crippen LogP contribution in [0.15, 0.2) is 30.3 Å². The smallest absolute Gasteiger partial charge is 0.328 e. The third-order valence-electron chi connectivity index (χ3n) is 4.74. The fourth-order valence-electron chi connectivity index (χ4n) is 3.43. The molecule has 0 radical (unpaired) electrons. The van der Waals surface area contributed by atoms with E-state index in [9.17, 15) is 19.5 Å². The van der Waals surface area contributed by atoms with Crippen molar-refractivity contribution in [1.82, 2.24) is 15.3 Å². The highest BCUT2D eigenvalue weighted by Gasteiger charge is 2.43. The Morgan fingerprint density at radius 1 is 1.19 bits per heavy atom. The van der Waals surface area contributed by atoms with E-state index in [2.05, 4.69) is 5.32 Å². The number of rotatable bonds is 5. The standard InChI is InChI=1S/C18H21N3O4S/c22-16(15(26)11-12-5-2-1-3-6-12)19-13-8-10-20-9-4-7-14(18(24)25)21(20)17(13)23/h1-3,5-6,13-14H,4,7-11H2,(H,19,22)(H,24,25)/t13?,14-/m0/s1. The molecular formula is C18H21N3O4S. The zero-order chi connectivity index (χ0) is 18.7. The van der Waals surface area contributed by atoms with E-state index < -0.39 is 24.0 Å². The van der Waals surface area contributed by atoms with Crippen molar-refractivity contribution < 1.29 is 19.5 Å². The van der Waals surface area contributed by atoms with Crippen LogP contribution in [0.4, 0.5) is 0 Å². The number of thiocarbonyl (C=S) groups is 1. The summed E-state index contributed by atoms with van der Waals surface area (Å²) in [5.41, 5.74) is 0.927. The number of hydrogen-bond acceptors (Lipinski definition) is 5. The fourth-order valence-corrected chi connectivity index (χ4v) is 3.66. The third-order valence-corrected chi connectivity index (χ3v) is 5.07. The number of benzene rings is 1. The molecule has 2 heterocycles. The Labute approximate surface area is 156 Å². The van der Waals surface area contributed by atoms with Crippen LogP contribution in [0.3, 0.4) is 0 Å². The molecule has 0 spiro atoms. The molecule has 138 valence electrons. The lowest BCUT2D eigenvalue weighted by Crippen LogP contribution is -2.66. The van der Waals surface area contributed by atoms with Gasteiger partial charge in [0, 0.05) is 19.5 Å². The van der Waals surface area contributed by atoms with Crippen LogP contribution in [0, 0.1) is 0 Å². The summed E-state index contributed by atoms with van der Waals surface area (Å²) in [6, 6.07) is 7.79. The minimum atomic E-state index is -1.02. The summed E-state index contributed by atoms with van der Waals surface area (Å²) in [6.07, 6.45) is 1.93. The highest BCUT2D eigenvalue weighted by Crippen LogP contribution is 2.24. The predicted molar refractivity (Wildman–Crippen MR) is 98.4 cm³/mol. The normalized spacial score (nSPS) is 23.2. The molecule has 2 saturated heterocycles. The number of nitrogens with zero attached hydrogens (tertiary/aromatic N) is 2. The Bertz CT molecular complexity index is 724. The number of nitrogens with one attached hydrogen (secondary N) is 1. The van der Waals surface area contributed by atoms with Gasteiger partial charge in [-0.15, -0.1) is 0 Å². The van der Waals surface area contributed by atoms with Crippen molar-refractivity contribution in [2.24, 2.45) is 0 Å². The molecule has 0 aromatic heterocycles. The van der Waals surface area contributed by atoms with Crippen molar-refractivity contribution in [3.8, 4) is 0 Å². The molecule has 1 unspecified atom stereocenters. The zero-order valence-corrected chi connectivity index (χ0v) is 15.1. The molecule has 8 heteroatoms. The van der Waals surface area contributed by atoms with Gasteiger partial charge in [-0.25, -0.2) is 9.80 Å². The molecule has 7 nitrogen and oxygen atoms in total. The van der Waals surface area contributed by atoms with Crippen molar-refractivity contribution in [2.45, 2.75) is 37.8 Å². The van der Waals surface area contributed by atoms with E-state index in [1.54, 1.807) is 5.01 Å². The van der Waals surface area contributed by atoms with Gasteiger partial charge in [-0.2, -0.15) is 0 Å². The average Bonchev–Trinajstić information content (AvgIpc) is 2.64. The predicted octanol–water partition coefficient (Wildman–Crippen LogP) is 0.780.